The van der Waals surface area contributed by atoms with Crippen LogP contribution in [-0.4, -0.2) is 10.9 Å². The fraction of sp³-hybridized carbons (Fsp3) is 0.571. The van der Waals surface area contributed by atoms with Gasteiger partial charge in [0.2, 0.25) is 0 Å². The second-order valence-corrected chi connectivity index (χ2v) is 6.75. The van der Waals surface area contributed by atoms with E-state index in [2.05, 4.69) is 15.9 Å². The van der Waals surface area contributed by atoms with Gasteiger partial charge in [-0.2, -0.15) is 0 Å². The zero-order valence-corrected chi connectivity index (χ0v) is 12.0. The minimum absolute atomic E-state index is 0.368. The Hall–Kier alpha value is -0.210. The molecule has 0 aromatic heterocycles. The molecule has 0 radical (unpaired) electrons. The minimum Gasteiger partial charge on any atom is -0.490 e. The maximum absolute atomic E-state index is 6.12. The zero-order valence-electron chi connectivity index (χ0n) is 9.66. The van der Waals surface area contributed by atoms with E-state index in [4.69, 9.17) is 16.3 Å². The van der Waals surface area contributed by atoms with Gasteiger partial charge in [0.1, 0.15) is 11.9 Å². The molecule has 3 heteroatoms. The highest BCUT2D eigenvalue weighted by atomic mass is 79.9. The van der Waals surface area contributed by atoms with E-state index in [1.54, 1.807) is 0 Å². The fourth-order valence-electron chi connectivity index (χ4n) is 3.24. The van der Waals surface area contributed by atoms with Crippen LogP contribution in [0.1, 0.15) is 32.1 Å². The lowest BCUT2D eigenvalue weighted by Crippen LogP contribution is -2.55. The Kier molecular flexibility index (Phi) is 3.12. The molecule has 2 aliphatic rings. The van der Waals surface area contributed by atoms with Gasteiger partial charge in [0.05, 0.1) is 0 Å². The second kappa shape index (κ2) is 4.47. The molecule has 1 spiro atoms. The van der Waals surface area contributed by atoms with Crippen LogP contribution in [0.25, 0.3) is 0 Å². The predicted octanol–water partition coefficient (Wildman–Crippen LogP) is 4.82. The fourth-order valence-corrected chi connectivity index (χ4v) is 4.51. The normalized spacial score (nSPS) is 30.2. The molecule has 0 heterocycles. The molecule has 0 saturated heterocycles. The van der Waals surface area contributed by atoms with Gasteiger partial charge in [-0.1, -0.05) is 46.4 Å². The van der Waals surface area contributed by atoms with Crippen molar-refractivity contribution in [3.8, 4) is 5.75 Å². The van der Waals surface area contributed by atoms with Crippen molar-refractivity contribution >= 4 is 27.5 Å². The van der Waals surface area contributed by atoms with Gasteiger partial charge in [0.25, 0.3) is 0 Å². The average Bonchev–Trinajstić information content (AvgIpc) is 2.80. The molecule has 3 rings (SSSR count). The van der Waals surface area contributed by atoms with Gasteiger partial charge >= 0.3 is 0 Å². The van der Waals surface area contributed by atoms with Crippen LogP contribution in [0.2, 0.25) is 5.02 Å². The lowest BCUT2D eigenvalue weighted by molar-refractivity contribution is -0.0303. The summed E-state index contributed by atoms with van der Waals surface area (Å²) in [4.78, 5) is 0.640. The largest absolute Gasteiger partial charge is 0.490 e. The molecule has 0 aliphatic heterocycles. The van der Waals surface area contributed by atoms with E-state index in [0.29, 0.717) is 16.3 Å². The topological polar surface area (TPSA) is 9.23 Å². The van der Waals surface area contributed by atoms with Crippen LogP contribution < -0.4 is 4.74 Å². The summed E-state index contributed by atoms with van der Waals surface area (Å²) >= 11 is 9.79. The third-order valence-corrected chi connectivity index (χ3v) is 5.82. The van der Waals surface area contributed by atoms with E-state index in [0.717, 1.165) is 17.2 Å². The SMILES string of the molecule is Clc1cccc(OC2CC(Br)C23CCCC3)c1. The predicted molar refractivity (Wildman–Crippen MR) is 74.1 cm³/mol. The molecular weight excluding hydrogens is 300 g/mol. The van der Waals surface area contributed by atoms with E-state index < -0.39 is 0 Å². The molecule has 92 valence electrons. The minimum atomic E-state index is 0.368. The van der Waals surface area contributed by atoms with E-state index in [9.17, 15) is 0 Å². The summed E-state index contributed by atoms with van der Waals surface area (Å²) in [6.07, 6.45) is 6.77. The molecule has 1 nitrogen and oxygen atoms in total. The van der Waals surface area contributed by atoms with Crippen molar-refractivity contribution in [1.82, 2.24) is 0 Å². The number of alkyl halides is 1. The summed E-state index contributed by atoms with van der Waals surface area (Å²) in [5, 5.41) is 0.748. The van der Waals surface area contributed by atoms with Gasteiger partial charge in [-0.3, -0.25) is 0 Å². The van der Waals surface area contributed by atoms with Crippen LogP contribution in [0.4, 0.5) is 0 Å². The van der Waals surface area contributed by atoms with Gasteiger partial charge in [-0.15, -0.1) is 0 Å². The molecule has 2 unspecified atom stereocenters. The van der Waals surface area contributed by atoms with Crippen molar-refractivity contribution in [2.75, 3.05) is 0 Å². The van der Waals surface area contributed by atoms with E-state index in [-0.39, 0.29) is 0 Å². The van der Waals surface area contributed by atoms with Crippen LogP contribution in [0, 0.1) is 5.41 Å². The van der Waals surface area contributed by atoms with Gasteiger partial charge in [-0.25, -0.2) is 0 Å². The lowest BCUT2D eigenvalue weighted by Gasteiger charge is -2.51. The van der Waals surface area contributed by atoms with Crippen LogP contribution in [0.5, 0.6) is 5.75 Å². The van der Waals surface area contributed by atoms with E-state index in [1.165, 1.54) is 25.7 Å². The van der Waals surface area contributed by atoms with Crippen molar-refractivity contribution in [3.05, 3.63) is 29.3 Å². The monoisotopic (exact) mass is 314 g/mol. The van der Waals surface area contributed by atoms with Gasteiger partial charge in [-0.05, 0) is 37.5 Å². The van der Waals surface area contributed by atoms with Crippen molar-refractivity contribution in [1.29, 1.82) is 0 Å². The van der Waals surface area contributed by atoms with Crippen molar-refractivity contribution in [2.45, 2.75) is 43.0 Å². The summed E-state index contributed by atoms with van der Waals surface area (Å²) in [6, 6.07) is 7.74. The van der Waals surface area contributed by atoms with Crippen LogP contribution in [0.15, 0.2) is 24.3 Å². The molecule has 0 N–H and O–H groups in total. The van der Waals surface area contributed by atoms with E-state index >= 15 is 0 Å². The number of rotatable bonds is 2. The van der Waals surface area contributed by atoms with Crippen molar-refractivity contribution < 1.29 is 4.74 Å². The van der Waals surface area contributed by atoms with Gasteiger partial charge in [0.15, 0.2) is 0 Å². The number of hydrogen-bond acceptors (Lipinski definition) is 1. The molecule has 1 aromatic rings. The Morgan fingerprint density at radius 3 is 2.71 bits per heavy atom. The molecule has 1 aromatic carbocycles. The molecule has 2 atom stereocenters. The Labute approximate surface area is 116 Å². The lowest BCUT2D eigenvalue weighted by atomic mass is 9.64. The first-order valence-corrected chi connectivity index (χ1v) is 7.56. The highest BCUT2D eigenvalue weighted by molar-refractivity contribution is 9.09. The first-order valence-electron chi connectivity index (χ1n) is 6.27. The summed E-state index contributed by atoms with van der Waals surface area (Å²) in [6.45, 7) is 0. The van der Waals surface area contributed by atoms with Gasteiger partial charge in [0, 0.05) is 15.3 Å². The summed E-state index contributed by atoms with van der Waals surface area (Å²) < 4.78 is 6.12. The highest BCUT2D eigenvalue weighted by Crippen LogP contribution is 2.57. The molecular formula is C14H16BrClO. The maximum atomic E-state index is 6.12. The quantitative estimate of drug-likeness (QED) is 0.711. The molecule has 0 amide bonds. The third kappa shape index (κ3) is 2.00. The number of hydrogen-bond donors (Lipinski definition) is 0. The Morgan fingerprint density at radius 2 is 2.06 bits per heavy atom. The summed E-state index contributed by atoms with van der Waals surface area (Å²) in [5.41, 5.74) is 0.391. The van der Waals surface area contributed by atoms with Crippen LogP contribution in [0.3, 0.4) is 0 Å². The number of halogens is 2. The van der Waals surface area contributed by atoms with Gasteiger partial charge < -0.3 is 4.74 Å². The molecule has 17 heavy (non-hydrogen) atoms. The first kappa shape index (κ1) is 11.9. The third-order valence-electron chi connectivity index (χ3n) is 4.29. The van der Waals surface area contributed by atoms with Crippen molar-refractivity contribution in [2.24, 2.45) is 5.41 Å². The van der Waals surface area contributed by atoms with E-state index in [1.807, 2.05) is 24.3 Å². The Balaban J connectivity index is 1.74. The maximum Gasteiger partial charge on any atom is 0.121 e. The number of ether oxygens (including phenoxy) is 1. The standard InChI is InChI=1S/C14H16BrClO/c15-12-9-13(14(12)6-1-2-7-14)17-11-5-3-4-10(16)8-11/h3-5,8,12-13H,1-2,6-7,9H2. The van der Waals surface area contributed by atoms with Crippen LogP contribution >= 0.6 is 27.5 Å². The Bertz CT molecular complexity index is 414. The molecule has 2 aliphatic carbocycles. The average molecular weight is 316 g/mol. The molecule has 2 fully saturated rings. The first-order chi connectivity index (χ1) is 8.21. The second-order valence-electron chi connectivity index (χ2n) is 5.21. The highest BCUT2D eigenvalue weighted by Gasteiger charge is 2.56. The van der Waals surface area contributed by atoms with Crippen molar-refractivity contribution in [3.63, 3.8) is 0 Å². The smallest absolute Gasteiger partial charge is 0.121 e. The van der Waals surface area contributed by atoms with Crippen LogP contribution in [-0.2, 0) is 0 Å². The molecule has 0 bridgehead atoms. The Morgan fingerprint density at radius 1 is 1.29 bits per heavy atom. The zero-order chi connectivity index (χ0) is 11.9. The number of benzene rings is 1. The molecule has 2 saturated carbocycles. The summed E-state index contributed by atoms with van der Waals surface area (Å²) in [5.74, 6) is 0.910. The summed E-state index contributed by atoms with van der Waals surface area (Å²) in [7, 11) is 0.